The first-order chi connectivity index (χ1) is 10.2. The first-order valence-electron chi connectivity index (χ1n) is 7.19. The molecule has 0 fully saturated rings. The van der Waals surface area contributed by atoms with Crippen LogP contribution in [0.4, 0.5) is 5.69 Å². The minimum atomic E-state index is -0.177. The van der Waals surface area contributed by atoms with Crippen LogP contribution in [0.1, 0.15) is 43.7 Å². The molecule has 0 saturated carbocycles. The monoisotopic (exact) mass is 320 g/mol. The van der Waals surface area contributed by atoms with E-state index in [1.165, 1.54) is 0 Å². The van der Waals surface area contributed by atoms with Gasteiger partial charge in [-0.15, -0.1) is 0 Å². The Morgan fingerprint density at radius 3 is 2.55 bits per heavy atom. The maximum Gasteiger partial charge on any atom is 0.232 e. The molecule has 0 aliphatic carbocycles. The molecule has 118 valence electrons. The predicted octanol–water partition coefficient (Wildman–Crippen LogP) is 4.42. The Kier molecular flexibility index (Phi) is 4.61. The van der Waals surface area contributed by atoms with Crippen molar-refractivity contribution in [2.24, 2.45) is 0 Å². The molecule has 0 saturated heterocycles. The van der Waals surface area contributed by atoms with E-state index in [0.29, 0.717) is 22.4 Å². The standard InChI is InChI=1S/C17H21ClN2O2/c1-10-6-7-12(8-13(10)18)20-15(21)9-14-11(2)19-16(22-14)17(3,4)5/h6-8H,9H2,1-5H3,(H,20,21). The van der Waals surface area contributed by atoms with Crippen molar-refractivity contribution in [2.75, 3.05) is 5.32 Å². The van der Waals surface area contributed by atoms with Gasteiger partial charge in [0.15, 0.2) is 5.89 Å². The average Bonchev–Trinajstić information content (AvgIpc) is 2.75. The van der Waals surface area contributed by atoms with Gasteiger partial charge in [-0.05, 0) is 31.5 Å². The SMILES string of the molecule is Cc1ccc(NC(=O)Cc2oc(C(C)(C)C)nc2C)cc1Cl. The third-order valence-corrected chi connectivity index (χ3v) is 3.72. The van der Waals surface area contributed by atoms with Crippen LogP contribution in [0.5, 0.6) is 0 Å². The Morgan fingerprint density at radius 1 is 1.32 bits per heavy atom. The summed E-state index contributed by atoms with van der Waals surface area (Å²) in [5.74, 6) is 1.09. The van der Waals surface area contributed by atoms with E-state index in [0.717, 1.165) is 11.3 Å². The predicted molar refractivity (Wildman–Crippen MR) is 88.5 cm³/mol. The Balaban J connectivity index is 2.09. The summed E-state index contributed by atoms with van der Waals surface area (Å²) in [4.78, 5) is 16.5. The van der Waals surface area contributed by atoms with Gasteiger partial charge in [0.25, 0.3) is 0 Å². The van der Waals surface area contributed by atoms with E-state index in [1.54, 1.807) is 6.07 Å². The fraction of sp³-hybridized carbons (Fsp3) is 0.412. The normalized spacial score (nSPS) is 11.5. The molecule has 5 heteroatoms. The lowest BCUT2D eigenvalue weighted by molar-refractivity contribution is -0.115. The fourth-order valence-corrected chi connectivity index (χ4v) is 2.12. The third-order valence-electron chi connectivity index (χ3n) is 3.31. The van der Waals surface area contributed by atoms with E-state index in [2.05, 4.69) is 10.3 Å². The van der Waals surface area contributed by atoms with E-state index >= 15 is 0 Å². The molecule has 0 atom stereocenters. The number of hydrogen-bond acceptors (Lipinski definition) is 3. The zero-order chi connectivity index (χ0) is 16.5. The molecule has 1 aromatic heterocycles. The largest absolute Gasteiger partial charge is 0.444 e. The van der Waals surface area contributed by atoms with Crippen LogP contribution in [-0.2, 0) is 16.6 Å². The van der Waals surface area contributed by atoms with Gasteiger partial charge in [-0.3, -0.25) is 4.79 Å². The number of rotatable bonds is 3. The Morgan fingerprint density at radius 2 is 2.00 bits per heavy atom. The van der Waals surface area contributed by atoms with Crippen LogP contribution in [0.3, 0.4) is 0 Å². The minimum absolute atomic E-state index is 0.153. The summed E-state index contributed by atoms with van der Waals surface area (Å²) in [6.45, 7) is 9.84. The highest BCUT2D eigenvalue weighted by molar-refractivity contribution is 6.31. The van der Waals surface area contributed by atoms with Crippen molar-refractivity contribution in [1.82, 2.24) is 4.98 Å². The lowest BCUT2D eigenvalue weighted by Crippen LogP contribution is -2.14. The summed E-state index contributed by atoms with van der Waals surface area (Å²) in [6.07, 6.45) is 0.153. The van der Waals surface area contributed by atoms with Crippen LogP contribution >= 0.6 is 11.6 Å². The van der Waals surface area contributed by atoms with Crippen molar-refractivity contribution in [3.8, 4) is 0 Å². The highest BCUT2D eigenvalue weighted by Crippen LogP contribution is 2.24. The van der Waals surface area contributed by atoms with Crippen molar-refractivity contribution in [3.63, 3.8) is 0 Å². The van der Waals surface area contributed by atoms with Crippen LogP contribution < -0.4 is 5.32 Å². The Hall–Kier alpha value is -1.81. The van der Waals surface area contributed by atoms with Crippen LogP contribution in [0, 0.1) is 13.8 Å². The second kappa shape index (κ2) is 6.13. The Labute approximate surface area is 135 Å². The molecule has 0 radical (unpaired) electrons. The van der Waals surface area contributed by atoms with Crippen molar-refractivity contribution in [1.29, 1.82) is 0 Å². The van der Waals surface area contributed by atoms with Crippen LogP contribution in [-0.4, -0.2) is 10.9 Å². The number of amides is 1. The number of nitrogens with zero attached hydrogens (tertiary/aromatic N) is 1. The number of carbonyl (C=O) groups excluding carboxylic acids is 1. The summed E-state index contributed by atoms with van der Waals surface area (Å²) < 4.78 is 5.73. The van der Waals surface area contributed by atoms with E-state index in [-0.39, 0.29) is 17.7 Å². The van der Waals surface area contributed by atoms with E-state index in [4.69, 9.17) is 16.0 Å². The molecule has 1 heterocycles. The number of hydrogen-bond donors (Lipinski definition) is 1. The van der Waals surface area contributed by atoms with Gasteiger partial charge in [-0.25, -0.2) is 4.98 Å². The van der Waals surface area contributed by atoms with Crippen LogP contribution in [0.2, 0.25) is 5.02 Å². The van der Waals surface area contributed by atoms with Gasteiger partial charge in [-0.1, -0.05) is 38.4 Å². The van der Waals surface area contributed by atoms with Gasteiger partial charge in [0.2, 0.25) is 5.91 Å². The number of benzene rings is 1. The lowest BCUT2D eigenvalue weighted by Gasteiger charge is -2.12. The van der Waals surface area contributed by atoms with Gasteiger partial charge >= 0.3 is 0 Å². The molecule has 0 spiro atoms. The van der Waals surface area contributed by atoms with E-state index in [9.17, 15) is 4.79 Å². The van der Waals surface area contributed by atoms with Crippen molar-refractivity contribution in [2.45, 2.75) is 46.5 Å². The summed E-state index contributed by atoms with van der Waals surface area (Å²) in [6, 6.07) is 5.44. The lowest BCUT2D eigenvalue weighted by atomic mass is 9.97. The van der Waals surface area contributed by atoms with Crippen molar-refractivity contribution >= 4 is 23.2 Å². The number of carbonyl (C=O) groups is 1. The van der Waals surface area contributed by atoms with Gasteiger partial charge < -0.3 is 9.73 Å². The summed E-state index contributed by atoms with van der Waals surface area (Å²) in [5, 5.41) is 3.45. The van der Waals surface area contributed by atoms with E-state index < -0.39 is 0 Å². The highest BCUT2D eigenvalue weighted by atomic mass is 35.5. The first-order valence-corrected chi connectivity index (χ1v) is 7.57. The smallest absolute Gasteiger partial charge is 0.232 e. The molecule has 1 N–H and O–H groups in total. The molecule has 4 nitrogen and oxygen atoms in total. The summed E-state index contributed by atoms with van der Waals surface area (Å²) in [7, 11) is 0. The molecule has 22 heavy (non-hydrogen) atoms. The zero-order valence-corrected chi connectivity index (χ0v) is 14.3. The minimum Gasteiger partial charge on any atom is -0.444 e. The number of nitrogens with one attached hydrogen (secondary N) is 1. The summed E-state index contributed by atoms with van der Waals surface area (Å²) in [5.41, 5.74) is 2.22. The van der Waals surface area contributed by atoms with Crippen LogP contribution in [0.15, 0.2) is 22.6 Å². The maximum atomic E-state index is 12.1. The number of aromatic nitrogens is 1. The fourth-order valence-electron chi connectivity index (χ4n) is 1.93. The number of anilines is 1. The molecular formula is C17H21ClN2O2. The molecule has 0 aliphatic heterocycles. The second-order valence-electron chi connectivity index (χ2n) is 6.47. The molecule has 1 amide bonds. The quantitative estimate of drug-likeness (QED) is 0.910. The number of oxazole rings is 1. The van der Waals surface area contributed by atoms with Gasteiger partial charge in [-0.2, -0.15) is 0 Å². The second-order valence-corrected chi connectivity index (χ2v) is 6.87. The molecule has 2 rings (SSSR count). The third kappa shape index (κ3) is 3.89. The molecule has 0 unspecified atom stereocenters. The first kappa shape index (κ1) is 16.6. The van der Waals surface area contributed by atoms with Crippen LogP contribution in [0.25, 0.3) is 0 Å². The molecular weight excluding hydrogens is 300 g/mol. The highest BCUT2D eigenvalue weighted by Gasteiger charge is 2.23. The molecule has 0 bridgehead atoms. The molecule has 0 aliphatic rings. The van der Waals surface area contributed by atoms with Gasteiger partial charge in [0.1, 0.15) is 5.76 Å². The Bertz CT molecular complexity index is 699. The van der Waals surface area contributed by atoms with Crippen molar-refractivity contribution in [3.05, 3.63) is 46.1 Å². The van der Waals surface area contributed by atoms with E-state index in [1.807, 2.05) is 46.8 Å². The van der Waals surface area contributed by atoms with Gasteiger partial charge in [0.05, 0.1) is 12.1 Å². The molecule has 2 aromatic rings. The van der Waals surface area contributed by atoms with Gasteiger partial charge in [0, 0.05) is 16.1 Å². The maximum absolute atomic E-state index is 12.1. The molecule has 1 aromatic carbocycles. The topological polar surface area (TPSA) is 55.1 Å². The number of aryl methyl sites for hydroxylation is 2. The number of halogens is 1. The zero-order valence-electron chi connectivity index (χ0n) is 13.6. The van der Waals surface area contributed by atoms with Crippen molar-refractivity contribution < 1.29 is 9.21 Å². The average molecular weight is 321 g/mol. The summed E-state index contributed by atoms with van der Waals surface area (Å²) >= 11 is 6.06.